The van der Waals surface area contributed by atoms with E-state index in [1.165, 1.54) is 87.8 Å². The average molecular weight is 599 g/mol. The van der Waals surface area contributed by atoms with Gasteiger partial charge in [-0.25, -0.2) is 0 Å². The van der Waals surface area contributed by atoms with E-state index >= 15 is 0 Å². The first-order valence-corrected chi connectivity index (χ1v) is 15.9. The average Bonchev–Trinajstić information content (AvgIpc) is 2.98. The maximum Gasteiger partial charge on any atom is 0.136 e. The fraction of sp³-hybridized carbons (Fsp3) is 0.421. The molecule has 0 amide bonds. The second-order valence-electron chi connectivity index (χ2n) is 11.1. The number of hydrogen-bond acceptors (Lipinski definition) is 6. The first-order valence-electron chi connectivity index (χ1n) is 15.9. The first-order chi connectivity index (χ1) is 21.4. The number of aromatic hydroxyl groups is 4. The van der Waals surface area contributed by atoms with Gasteiger partial charge in [0.2, 0.25) is 0 Å². The lowest BCUT2D eigenvalue weighted by molar-refractivity contribution is 0.295. The second-order valence-corrected chi connectivity index (χ2v) is 11.1. The molecule has 44 heavy (non-hydrogen) atoms. The Hall–Kier alpha value is -4.42. The monoisotopic (exact) mass is 598 g/mol. The van der Waals surface area contributed by atoms with Crippen molar-refractivity contribution < 1.29 is 29.9 Å². The first kappa shape index (κ1) is 34.1. The highest BCUT2D eigenvalue weighted by molar-refractivity contribution is 5.61. The van der Waals surface area contributed by atoms with Crippen molar-refractivity contribution in [1.82, 2.24) is 0 Å². The van der Waals surface area contributed by atoms with Crippen molar-refractivity contribution >= 4 is 0 Å². The molecular weight excluding hydrogens is 552 g/mol. The molecule has 0 bridgehead atoms. The lowest BCUT2D eigenvalue weighted by Gasteiger charge is -2.14. The standard InChI is InChI=1S/C38H46O6/c1-3-5-7-9-11-13-19-43-37-25-32(18-16-30-23-35(41)28-36(42)24-30)38(44-20-14-12-10-8-6-4-2)26-31(37)17-15-29-21-33(39)27-34(40)22-29/h21-28,39-42H,3-14,19-20H2,1-2H3. The molecular formula is C38H46O6. The van der Waals surface area contributed by atoms with Crippen molar-refractivity contribution in [3.63, 3.8) is 0 Å². The van der Waals surface area contributed by atoms with Crippen molar-refractivity contribution in [2.24, 2.45) is 0 Å². The van der Waals surface area contributed by atoms with Crippen molar-refractivity contribution in [2.45, 2.75) is 90.9 Å². The Bertz CT molecular complexity index is 1300. The number of ether oxygens (including phenoxy) is 2. The van der Waals surface area contributed by atoms with Crippen LogP contribution in [0.25, 0.3) is 0 Å². The molecule has 0 aliphatic heterocycles. The minimum Gasteiger partial charge on any atom is -0.508 e. The smallest absolute Gasteiger partial charge is 0.136 e. The predicted octanol–water partition coefficient (Wildman–Crippen LogP) is 8.79. The Labute approximate surface area is 262 Å². The minimum atomic E-state index is -0.0691. The summed E-state index contributed by atoms with van der Waals surface area (Å²) in [4.78, 5) is 0. The van der Waals surface area contributed by atoms with E-state index < -0.39 is 0 Å². The third kappa shape index (κ3) is 12.4. The van der Waals surface area contributed by atoms with Crippen LogP contribution in [0, 0.1) is 23.7 Å². The summed E-state index contributed by atoms with van der Waals surface area (Å²) < 4.78 is 12.5. The van der Waals surface area contributed by atoms with Crippen LogP contribution in [0.15, 0.2) is 48.5 Å². The Morgan fingerprint density at radius 2 is 0.773 bits per heavy atom. The molecule has 0 saturated carbocycles. The third-order valence-electron chi connectivity index (χ3n) is 7.08. The summed E-state index contributed by atoms with van der Waals surface area (Å²) in [6.07, 6.45) is 13.7. The summed E-state index contributed by atoms with van der Waals surface area (Å²) in [6.45, 7) is 5.46. The summed E-state index contributed by atoms with van der Waals surface area (Å²) in [5.74, 6) is 13.2. The van der Waals surface area contributed by atoms with Gasteiger partial charge in [0.1, 0.15) is 34.5 Å². The fourth-order valence-corrected chi connectivity index (χ4v) is 4.74. The third-order valence-corrected chi connectivity index (χ3v) is 7.08. The number of hydrogen-bond donors (Lipinski definition) is 4. The van der Waals surface area contributed by atoms with Crippen LogP contribution in [0.4, 0.5) is 0 Å². The molecule has 3 aromatic rings. The zero-order valence-electron chi connectivity index (χ0n) is 26.1. The zero-order valence-corrected chi connectivity index (χ0v) is 26.1. The van der Waals surface area contributed by atoms with Gasteiger partial charge in [-0.05, 0) is 37.1 Å². The molecule has 4 N–H and O–H groups in total. The van der Waals surface area contributed by atoms with Gasteiger partial charge in [0.05, 0.1) is 24.3 Å². The van der Waals surface area contributed by atoms with E-state index in [1.54, 1.807) is 0 Å². The van der Waals surface area contributed by atoms with Crippen LogP contribution in [0.5, 0.6) is 34.5 Å². The van der Waals surface area contributed by atoms with E-state index in [-0.39, 0.29) is 23.0 Å². The summed E-state index contributed by atoms with van der Waals surface area (Å²) in [5.41, 5.74) is 2.15. The molecule has 3 rings (SSSR count). The van der Waals surface area contributed by atoms with Crippen LogP contribution in [0.2, 0.25) is 0 Å². The Balaban J connectivity index is 1.93. The zero-order chi connectivity index (χ0) is 31.6. The quantitative estimate of drug-likeness (QED) is 0.0972. The van der Waals surface area contributed by atoms with Crippen molar-refractivity contribution in [1.29, 1.82) is 0 Å². The van der Waals surface area contributed by atoms with Gasteiger partial charge >= 0.3 is 0 Å². The van der Waals surface area contributed by atoms with E-state index in [2.05, 4.69) is 37.5 Å². The maximum absolute atomic E-state index is 9.90. The minimum absolute atomic E-state index is 0.0691. The highest BCUT2D eigenvalue weighted by Crippen LogP contribution is 2.30. The molecule has 0 fully saturated rings. The normalized spacial score (nSPS) is 10.4. The van der Waals surface area contributed by atoms with Gasteiger partial charge in [-0.15, -0.1) is 0 Å². The Kier molecular flexibility index (Phi) is 14.7. The molecule has 0 saturated heterocycles. The Morgan fingerprint density at radius 3 is 1.14 bits per heavy atom. The van der Waals surface area contributed by atoms with Crippen LogP contribution in [-0.4, -0.2) is 33.6 Å². The van der Waals surface area contributed by atoms with Gasteiger partial charge in [-0.2, -0.15) is 0 Å². The van der Waals surface area contributed by atoms with E-state index in [9.17, 15) is 20.4 Å². The topological polar surface area (TPSA) is 99.4 Å². The molecule has 234 valence electrons. The molecule has 0 radical (unpaired) electrons. The van der Waals surface area contributed by atoms with Crippen LogP contribution < -0.4 is 9.47 Å². The summed E-state index contributed by atoms with van der Waals surface area (Å²) in [5, 5.41) is 39.6. The summed E-state index contributed by atoms with van der Waals surface area (Å²) in [6, 6.07) is 12.1. The SMILES string of the molecule is CCCCCCCCOc1cc(C#Cc2cc(O)cc(O)c2)c(OCCCCCCCC)cc1C#Cc1cc(O)cc(O)c1. The number of phenols is 4. The summed E-state index contributed by atoms with van der Waals surface area (Å²) >= 11 is 0. The molecule has 0 heterocycles. The van der Waals surface area contributed by atoms with E-state index in [1.807, 2.05) is 12.1 Å². The van der Waals surface area contributed by atoms with Gasteiger partial charge in [0.15, 0.2) is 0 Å². The lowest BCUT2D eigenvalue weighted by Crippen LogP contribution is -2.03. The van der Waals surface area contributed by atoms with Crippen LogP contribution >= 0.6 is 0 Å². The predicted molar refractivity (Wildman–Crippen MR) is 176 cm³/mol. The molecule has 3 aromatic carbocycles. The lowest BCUT2D eigenvalue weighted by atomic mass is 10.1. The van der Waals surface area contributed by atoms with Crippen molar-refractivity contribution in [2.75, 3.05) is 13.2 Å². The van der Waals surface area contributed by atoms with Gasteiger partial charge in [0.25, 0.3) is 0 Å². The summed E-state index contributed by atoms with van der Waals surface area (Å²) in [7, 11) is 0. The van der Waals surface area contributed by atoms with Gasteiger partial charge in [-0.1, -0.05) is 102 Å². The van der Waals surface area contributed by atoms with Crippen molar-refractivity contribution in [3.05, 3.63) is 70.8 Å². The fourth-order valence-electron chi connectivity index (χ4n) is 4.74. The highest BCUT2D eigenvalue weighted by atomic mass is 16.5. The Morgan fingerprint density at radius 1 is 0.432 bits per heavy atom. The van der Waals surface area contributed by atoms with Crippen LogP contribution in [0.1, 0.15) is 113 Å². The molecule has 6 nitrogen and oxygen atoms in total. The number of benzene rings is 3. The molecule has 0 aliphatic rings. The molecule has 0 atom stereocenters. The van der Waals surface area contributed by atoms with Gasteiger partial charge in [0, 0.05) is 35.4 Å². The molecule has 0 aromatic heterocycles. The number of unbranched alkanes of at least 4 members (excludes halogenated alkanes) is 10. The van der Waals surface area contributed by atoms with Gasteiger partial charge in [-0.3, -0.25) is 0 Å². The van der Waals surface area contributed by atoms with Gasteiger partial charge < -0.3 is 29.9 Å². The molecule has 0 aliphatic carbocycles. The van der Waals surface area contributed by atoms with Crippen molar-refractivity contribution in [3.8, 4) is 58.2 Å². The van der Waals surface area contributed by atoms with E-state index in [4.69, 9.17) is 9.47 Å². The van der Waals surface area contributed by atoms with E-state index in [0.717, 1.165) is 25.7 Å². The second kappa shape index (κ2) is 19.0. The van der Waals surface area contributed by atoms with E-state index in [0.29, 0.717) is 47.0 Å². The maximum atomic E-state index is 9.90. The number of phenolic OH excluding ortho intramolecular Hbond substituents is 4. The number of rotatable bonds is 16. The largest absolute Gasteiger partial charge is 0.508 e. The van der Waals surface area contributed by atoms with Crippen LogP contribution in [-0.2, 0) is 0 Å². The van der Waals surface area contributed by atoms with Crippen LogP contribution in [0.3, 0.4) is 0 Å². The molecule has 6 heteroatoms. The molecule has 0 unspecified atom stereocenters. The highest BCUT2D eigenvalue weighted by Gasteiger charge is 2.12. The molecule has 0 spiro atoms.